The lowest BCUT2D eigenvalue weighted by molar-refractivity contribution is -0.141. The van der Waals surface area contributed by atoms with E-state index >= 15 is 0 Å². The zero-order valence-corrected chi connectivity index (χ0v) is 11.9. The number of nitrogens with one attached hydrogen (secondary N) is 1. The van der Waals surface area contributed by atoms with E-state index in [1.807, 2.05) is 6.20 Å². The van der Waals surface area contributed by atoms with Crippen LogP contribution in [0.1, 0.15) is 44.6 Å². The van der Waals surface area contributed by atoms with Gasteiger partial charge in [0.05, 0.1) is 18.3 Å². The smallest absolute Gasteiger partial charge is 0.306 e. The second-order valence-electron chi connectivity index (χ2n) is 6.17. The maximum Gasteiger partial charge on any atom is 0.306 e. The molecule has 2 fully saturated rings. The third-order valence-electron chi connectivity index (χ3n) is 4.87. The third-order valence-corrected chi connectivity index (χ3v) is 4.87. The largest absolute Gasteiger partial charge is 0.481 e. The van der Waals surface area contributed by atoms with Gasteiger partial charge in [0.1, 0.15) is 0 Å². The van der Waals surface area contributed by atoms with E-state index in [2.05, 4.69) is 14.9 Å². The summed E-state index contributed by atoms with van der Waals surface area (Å²) >= 11 is 0. The Morgan fingerprint density at radius 1 is 1.19 bits per heavy atom. The lowest BCUT2D eigenvalue weighted by atomic mass is 10.0. The Morgan fingerprint density at radius 3 is 2.67 bits per heavy atom. The number of carboxylic acids is 1. The standard InChI is InChI=1S/C15H21N3O3/c19-14(10-4-5-11(8-10)15(20)21)17-12-2-1-3-13(12)18-7-6-16-9-18/h6-7,9-13H,1-5,8H2,(H,17,19)(H,20,21)/t10-,11+,12?,13?/m1/s1. The summed E-state index contributed by atoms with van der Waals surface area (Å²) in [4.78, 5) is 27.4. The molecular weight excluding hydrogens is 270 g/mol. The van der Waals surface area contributed by atoms with Crippen molar-refractivity contribution in [1.29, 1.82) is 0 Å². The molecule has 0 saturated heterocycles. The van der Waals surface area contributed by atoms with Crippen LogP contribution < -0.4 is 5.32 Å². The molecule has 0 aliphatic heterocycles. The minimum Gasteiger partial charge on any atom is -0.481 e. The SMILES string of the molecule is O=C(O)[C@H]1CC[C@@H](C(=O)NC2CCCC2n2ccnc2)C1. The molecule has 3 rings (SSSR count). The first-order valence-corrected chi connectivity index (χ1v) is 7.66. The fourth-order valence-corrected chi connectivity index (χ4v) is 3.68. The Balaban J connectivity index is 1.59. The highest BCUT2D eigenvalue weighted by atomic mass is 16.4. The second-order valence-corrected chi connectivity index (χ2v) is 6.17. The van der Waals surface area contributed by atoms with Gasteiger partial charge in [-0.3, -0.25) is 9.59 Å². The number of amides is 1. The van der Waals surface area contributed by atoms with Crippen LogP contribution in [-0.2, 0) is 9.59 Å². The van der Waals surface area contributed by atoms with Crippen molar-refractivity contribution in [3.8, 4) is 0 Å². The molecule has 0 bridgehead atoms. The number of hydrogen-bond acceptors (Lipinski definition) is 3. The van der Waals surface area contributed by atoms with Crippen molar-refractivity contribution in [3.63, 3.8) is 0 Å². The maximum absolute atomic E-state index is 12.4. The first-order valence-electron chi connectivity index (χ1n) is 7.66. The second kappa shape index (κ2) is 5.87. The van der Waals surface area contributed by atoms with Crippen molar-refractivity contribution in [3.05, 3.63) is 18.7 Å². The summed E-state index contributed by atoms with van der Waals surface area (Å²) in [5.74, 6) is -1.25. The van der Waals surface area contributed by atoms with E-state index in [0.29, 0.717) is 19.3 Å². The predicted octanol–water partition coefficient (Wildman–Crippen LogP) is 1.59. The molecule has 1 aromatic heterocycles. The Kier molecular flexibility index (Phi) is 3.94. The first-order chi connectivity index (χ1) is 10.1. The molecule has 1 amide bonds. The molecule has 1 heterocycles. The van der Waals surface area contributed by atoms with E-state index in [4.69, 9.17) is 5.11 Å². The summed E-state index contributed by atoms with van der Waals surface area (Å²) in [7, 11) is 0. The van der Waals surface area contributed by atoms with E-state index < -0.39 is 5.97 Å². The summed E-state index contributed by atoms with van der Waals surface area (Å²) in [6, 6.07) is 0.406. The van der Waals surface area contributed by atoms with Gasteiger partial charge in [-0.05, 0) is 38.5 Å². The van der Waals surface area contributed by atoms with Gasteiger partial charge in [0, 0.05) is 24.4 Å². The van der Waals surface area contributed by atoms with Crippen molar-refractivity contribution in [1.82, 2.24) is 14.9 Å². The number of nitrogens with zero attached hydrogens (tertiary/aromatic N) is 2. The van der Waals surface area contributed by atoms with Crippen molar-refractivity contribution in [2.24, 2.45) is 11.8 Å². The van der Waals surface area contributed by atoms with Crippen molar-refractivity contribution < 1.29 is 14.7 Å². The lowest BCUT2D eigenvalue weighted by Gasteiger charge is -2.23. The zero-order chi connectivity index (χ0) is 14.8. The van der Waals surface area contributed by atoms with Gasteiger partial charge < -0.3 is 15.0 Å². The molecule has 0 radical (unpaired) electrons. The Hall–Kier alpha value is -1.85. The Bertz CT molecular complexity index is 514. The van der Waals surface area contributed by atoms with Crippen molar-refractivity contribution >= 4 is 11.9 Å². The lowest BCUT2D eigenvalue weighted by Crippen LogP contribution is -2.41. The minimum atomic E-state index is -0.776. The highest BCUT2D eigenvalue weighted by molar-refractivity contribution is 5.81. The van der Waals surface area contributed by atoms with E-state index in [1.165, 1.54) is 0 Å². The van der Waals surface area contributed by atoms with Crippen LogP contribution in [0.4, 0.5) is 0 Å². The molecule has 2 saturated carbocycles. The average Bonchev–Trinajstić information content (AvgIpc) is 3.19. The van der Waals surface area contributed by atoms with Gasteiger partial charge >= 0.3 is 5.97 Å². The van der Waals surface area contributed by atoms with E-state index in [-0.39, 0.29) is 29.8 Å². The third kappa shape index (κ3) is 2.94. The molecule has 2 aliphatic carbocycles. The van der Waals surface area contributed by atoms with E-state index in [0.717, 1.165) is 19.3 Å². The molecule has 2 N–H and O–H groups in total. The Morgan fingerprint density at radius 2 is 2.00 bits per heavy atom. The van der Waals surface area contributed by atoms with Gasteiger partial charge in [0.25, 0.3) is 0 Å². The summed E-state index contributed by atoms with van der Waals surface area (Å²) in [6.07, 6.45) is 10.4. The summed E-state index contributed by atoms with van der Waals surface area (Å²) < 4.78 is 2.06. The Labute approximate surface area is 123 Å². The van der Waals surface area contributed by atoms with Gasteiger partial charge in [-0.25, -0.2) is 4.98 Å². The molecule has 2 aliphatic rings. The number of imidazole rings is 1. The van der Waals surface area contributed by atoms with Crippen molar-refractivity contribution in [2.75, 3.05) is 0 Å². The van der Waals surface area contributed by atoms with Crippen LogP contribution in [0.5, 0.6) is 0 Å². The highest BCUT2D eigenvalue weighted by Gasteiger charge is 2.36. The number of rotatable bonds is 4. The topological polar surface area (TPSA) is 84.2 Å². The molecular formula is C15H21N3O3. The fraction of sp³-hybridized carbons (Fsp3) is 0.667. The van der Waals surface area contributed by atoms with Gasteiger partial charge in [0.15, 0.2) is 0 Å². The van der Waals surface area contributed by atoms with Crippen LogP contribution in [0, 0.1) is 11.8 Å². The van der Waals surface area contributed by atoms with Gasteiger partial charge in [-0.15, -0.1) is 0 Å². The molecule has 6 heteroatoms. The van der Waals surface area contributed by atoms with Crippen molar-refractivity contribution in [2.45, 2.75) is 50.6 Å². The minimum absolute atomic E-state index is 0.0239. The summed E-state index contributed by atoms with van der Waals surface area (Å²) in [5.41, 5.74) is 0. The molecule has 21 heavy (non-hydrogen) atoms. The van der Waals surface area contributed by atoms with E-state index in [1.54, 1.807) is 12.5 Å². The zero-order valence-electron chi connectivity index (χ0n) is 11.9. The highest BCUT2D eigenvalue weighted by Crippen LogP contribution is 2.33. The molecule has 0 aromatic carbocycles. The van der Waals surface area contributed by atoms with Crippen LogP contribution in [0.3, 0.4) is 0 Å². The van der Waals surface area contributed by atoms with Crippen LogP contribution in [0.2, 0.25) is 0 Å². The fourth-order valence-electron chi connectivity index (χ4n) is 3.68. The van der Waals surface area contributed by atoms with Gasteiger partial charge in [-0.1, -0.05) is 0 Å². The molecule has 4 atom stereocenters. The van der Waals surface area contributed by atoms with E-state index in [9.17, 15) is 9.59 Å². The molecule has 114 valence electrons. The molecule has 0 spiro atoms. The molecule has 1 aromatic rings. The summed E-state index contributed by atoms with van der Waals surface area (Å²) in [5, 5.41) is 12.2. The van der Waals surface area contributed by atoms with Gasteiger partial charge in [0.2, 0.25) is 5.91 Å². The number of hydrogen-bond donors (Lipinski definition) is 2. The maximum atomic E-state index is 12.4. The molecule has 6 nitrogen and oxygen atoms in total. The number of carbonyl (C=O) groups is 2. The van der Waals surface area contributed by atoms with Crippen LogP contribution in [0.15, 0.2) is 18.7 Å². The number of carboxylic acid groups (broad SMARTS) is 1. The normalized spacial score (nSPS) is 32.2. The number of carbonyl (C=O) groups excluding carboxylic acids is 1. The first kappa shape index (κ1) is 14.1. The number of aromatic nitrogens is 2. The van der Waals surface area contributed by atoms with Crippen LogP contribution >= 0.6 is 0 Å². The molecule has 2 unspecified atom stereocenters. The van der Waals surface area contributed by atoms with Crippen LogP contribution in [0.25, 0.3) is 0 Å². The predicted molar refractivity (Wildman–Crippen MR) is 75.5 cm³/mol. The van der Waals surface area contributed by atoms with Gasteiger partial charge in [-0.2, -0.15) is 0 Å². The summed E-state index contributed by atoms with van der Waals surface area (Å²) in [6.45, 7) is 0. The van der Waals surface area contributed by atoms with Crippen LogP contribution in [-0.4, -0.2) is 32.6 Å². The number of aliphatic carboxylic acids is 1. The average molecular weight is 291 g/mol. The monoisotopic (exact) mass is 291 g/mol. The quantitative estimate of drug-likeness (QED) is 0.882.